The second-order valence-corrected chi connectivity index (χ2v) is 5.36. The molecule has 6 heteroatoms. The molecule has 0 saturated heterocycles. The molecule has 0 aliphatic heterocycles. The number of guanidine groups is 1. The van der Waals surface area contributed by atoms with E-state index in [0.29, 0.717) is 6.54 Å². The molecule has 2 aromatic rings. The molecule has 0 spiro atoms. The zero-order valence-electron chi connectivity index (χ0n) is 14.3. The normalized spacial score (nSPS) is 10.8. The molecule has 0 unspecified atom stereocenters. The Hall–Kier alpha value is -1.83. The molecule has 0 aliphatic carbocycles. The lowest BCUT2D eigenvalue weighted by molar-refractivity contribution is 0.469. The monoisotopic (exact) mass is 439 g/mol. The number of hydrogen-bond donors (Lipinski definition) is 2. The Balaban J connectivity index is 0.00000288. The summed E-state index contributed by atoms with van der Waals surface area (Å²) in [7, 11) is 3.83. The van der Waals surface area contributed by atoms with E-state index in [-0.39, 0.29) is 24.0 Å². The zero-order valence-corrected chi connectivity index (χ0v) is 16.7. The van der Waals surface area contributed by atoms with Gasteiger partial charge in [0.15, 0.2) is 5.96 Å². The number of H-pyrrole nitrogens is 1. The summed E-state index contributed by atoms with van der Waals surface area (Å²) >= 11 is 0. The van der Waals surface area contributed by atoms with Crippen LogP contribution in [0.5, 0.6) is 0 Å². The average molecular weight is 439 g/mol. The fraction of sp³-hybridized carbons (Fsp3) is 0.333. The van der Waals surface area contributed by atoms with Crippen molar-refractivity contribution in [3.05, 3.63) is 55.0 Å². The number of aromatic nitrogens is 2. The van der Waals surface area contributed by atoms with Crippen LogP contribution in [0.4, 0.5) is 0 Å². The van der Waals surface area contributed by atoms with Gasteiger partial charge in [0.25, 0.3) is 0 Å². The number of aliphatic imine (C=N–C) groups is 1. The second kappa shape index (κ2) is 10.9. The predicted octanol–water partition coefficient (Wildman–Crippen LogP) is 3.67. The maximum absolute atomic E-state index is 4.43. The van der Waals surface area contributed by atoms with Gasteiger partial charge in [-0.3, -0.25) is 4.99 Å². The Morgan fingerprint density at radius 1 is 1.38 bits per heavy atom. The van der Waals surface area contributed by atoms with Crippen molar-refractivity contribution >= 4 is 29.9 Å². The van der Waals surface area contributed by atoms with Gasteiger partial charge in [-0.1, -0.05) is 36.4 Å². The molecule has 0 saturated carbocycles. The molecule has 2 N–H and O–H groups in total. The smallest absolute Gasteiger partial charge is 0.193 e. The molecule has 0 atom stereocenters. The Morgan fingerprint density at radius 2 is 2.12 bits per heavy atom. The van der Waals surface area contributed by atoms with Crippen LogP contribution in [-0.4, -0.2) is 41.5 Å². The molecule has 5 nitrogen and oxygen atoms in total. The summed E-state index contributed by atoms with van der Waals surface area (Å²) in [5.41, 5.74) is 2.16. The van der Waals surface area contributed by atoms with Gasteiger partial charge < -0.3 is 15.2 Å². The fourth-order valence-corrected chi connectivity index (χ4v) is 2.34. The SMILES string of the molecule is C=CCCCN(C)C(=NC)NCc1ncc(-c2ccccc2)[nH]1.I. The number of hydrogen-bond acceptors (Lipinski definition) is 2. The first-order valence-electron chi connectivity index (χ1n) is 7.86. The zero-order chi connectivity index (χ0) is 16.5. The lowest BCUT2D eigenvalue weighted by Gasteiger charge is -2.21. The summed E-state index contributed by atoms with van der Waals surface area (Å²) in [6, 6.07) is 10.2. The van der Waals surface area contributed by atoms with Gasteiger partial charge in [0.05, 0.1) is 18.4 Å². The van der Waals surface area contributed by atoms with Gasteiger partial charge in [-0.25, -0.2) is 4.98 Å². The van der Waals surface area contributed by atoms with Gasteiger partial charge in [0, 0.05) is 20.6 Å². The van der Waals surface area contributed by atoms with Gasteiger partial charge in [-0.15, -0.1) is 30.6 Å². The number of allylic oxidation sites excluding steroid dienone is 1. The first-order valence-corrected chi connectivity index (χ1v) is 7.86. The average Bonchev–Trinajstić information content (AvgIpc) is 3.05. The van der Waals surface area contributed by atoms with Crippen molar-refractivity contribution in [2.75, 3.05) is 20.6 Å². The molecular weight excluding hydrogens is 413 g/mol. The lowest BCUT2D eigenvalue weighted by atomic mass is 10.2. The van der Waals surface area contributed by atoms with Crippen LogP contribution in [0.25, 0.3) is 11.3 Å². The molecule has 0 amide bonds. The van der Waals surface area contributed by atoms with Crippen molar-refractivity contribution in [1.82, 2.24) is 20.2 Å². The van der Waals surface area contributed by atoms with Gasteiger partial charge in [0.2, 0.25) is 0 Å². The number of benzene rings is 1. The van der Waals surface area contributed by atoms with Crippen LogP contribution in [0.1, 0.15) is 18.7 Å². The molecule has 1 aromatic heterocycles. The molecule has 24 heavy (non-hydrogen) atoms. The van der Waals surface area contributed by atoms with Gasteiger partial charge in [-0.2, -0.15) is 0 Å². The molecule has 0 bridgehead atoms. The number of halogens is 1. The third-order valence-electron chi connectivity index (χ3n) is 3.60. The highest BCUT2D eigenvalue weighted by molar-refractivity contribution is 14.0. The molecule has 0 fully saturated rings. The summed E-state index contributed by atoms with van der Waals surface area (Å²) in [5.74, 6) is 1.76. The Labute approximate surface area is 161 Å². The van der Waals surface area contributed by atoms with E-state index in [0.717, 1.165) is 42.4 Å². The van der Waals surface area contributed by atoms with Crippen LogP contribution in [0.3, 0.4) is 0 Å². The summed E-state index contributed by atoms with van der Waals surface area (Å²) in [6.45, 7) is 5.31. The van der Waals surface area contributed by atoms with Gasteiger partial charge in [0.1, 0.15) is 5.82 Å². The third-order valence-corrected chi connectivity index (χ3v) is 3.60. The molecular formula is C18H26IN5. The number of aromatic amines is 1. The highest BCUT2D eigenvalue weighted by Crippen LogP contribution is 2.15. The van der Waals surface area contributed by atoms with E-state index in [1.165, 1.54) is 0 Å². The van der Waals surface area contributed by atoms with Crippen LogP contribution in [0.2, 0.25) is 0 Å². The van der Waals surface area contributed by atoms with E-state index in [1.54, 1.807) is 7.05 Å². The standard InChI is InChI=1S/C18H25N5.HI/c1-4-5-9-12-23(3)18(19-2)21-14-17-20-13-16(22-17)15-10-7-6-8-11-15;/h4,6-8,10-11,13H,1,5,9,12,14H2,2-3H3,(H,19,21)(H,20,22);1H. The number of rotatable bonds is 7. The summed E-state index contributed by atoms with van der Waals surface area (Å²) in [6.07, 6.45) is 5.89. The molecule has 130 valence electrons. The highest BCUT2D eigenvalue weighted by Gasteiger charge is 2.07. The highest BCUT2D eigenvalue weighted by atomic mass is 127. The van der Waals surface area contributed by atoms with Crippen LogP contribution in [-0.2, 0) is 6.54 Å². The number of imidazole rings is 1. The number of unbranched alkanes of at least 4 members (excludes halogenated alkanes) is 1. The predicted molar refractivity (Wildman–Crippen MR) is 112 cm³/mol. The van der Waals surface area contributed by atoms with Crippen LogP contribution >= 0.6 is 24.0 Å². The Morgan fingerprint density at radius 3 is 2.79 bits per heavy atom. The number of nitrogens with one attached hydrogen (secondary N) is 2. The van der Waals surface area contributed by atoms with Crippen molar-refractivity contribution < 1.29 is 0 Å². The molecule has 2 rings (SSSR count). The minimum Gasteiger partial charge on any atom is -0.349 e. The quantitative estimate of drug-likeness (QED) is 0.228. The van der Waals surface area contributed by atoms with E-state index >= 15 is 0 Å². The van der Waals surface area contributed by atoms with Gasteiger partial charge in [-0.05, 0) is 18.4 Å². The molecule has 1 heterocycles. The second-order valence-electron chi connectivity index (χ2n) is 5.36. The van der Waals surface area contributed by atoms with Crippen molar-refractivity contribution in [2.45, 2.75) is 19.4 Å². The largest absolute Gasteiger partial charge is 0.349 e. The van der Waals surface area contributed by atoms with E-state index in [1.807, 2.05) is 37.5 Å². The van der Waals surface area contributed by atoms with Crippen LogP contribution in [0, 0.1) is 0 Å². The van der Waals surface area contributed by atoms with Crippen molar-refractivity contribution in [3.63, 3.8) is 0 Å². The topological polar surface area (TPSA) is 56.3 Å². The minimum absolute atomic E-state index is 0. The fourth-order valence-electron chi connectivity index (χ4n) is 2.34. The molecule has 0 radical (unpaired) electrons. The maximum atomic E-state index is 4.43. The Bertz CT molecular complexity index is 636. The minimum atomic E-state index is 0. The third kappa shape index (κ3) is 5.99. The number of nitrogens with zero attached hydrogens (tertiary/aromatic N) is 3. The summed E-state index contributed by atoms with van der Waals surface area (Å²) in [4.78, 5) is 14.2. The Kier molecular flexibility index (Phi) is 9.14. The van der Waals surface area contributed by atoms with Crippen LogP contribution in [0.15, 0.2) is 54.2 Å². The molecule has 0 aliphatic rings. The van der Waals surface area contributed by atoms with Gasteiger partial charge >= 0.3 is 0 Å². The molecule has 1 aromatic carbocycles. The summed E-state index contributed by atoms with van der Waals surface area (Å²) in [5, 5.41) is 3.33. The first kappa shape index (κ1) is 20.2. The van der Waals surface area contributed by atoms with Crippen molar-refractivity contribution in [3.8, 4) is 11.3 Å². The van der Waals surface area contributed by atoms with E-state index < -0.39 is 0 Å². The van der Waals surface area contributed by atoms with Crippen LogP contribution < -0.4 is 5.32 Å². The van der Waals surface area contributed by atoms with E-state index in [2.05, 4.69) is 43.9 Å². The van der Waals surface area contributed by atoms with Crippen molar-refractivity contribution in [2.24, 2.45) is 4.99 Å². The summed E-state index contributed by atoms with van der Waals surface area (Å²) < 4.78 is 0. The van der Waals surface area contributed by atoms with E-state index in [4.69, 9.17) is 0 Å². The van der Waals surface area contributed by atoms with E-state index in [9.17, 15) is 0 Å². The lowest BCUT2D eigenvalue weighted by Crippen LogP contribution is -2.39. The first-order chi connectivity index (χ1) is 11.2. The van der Waals surface area contributed by atoms with Crippen molar-refractivity contribution in [1.29, 1.82) is 0 Å². The maximum Gasteiger partial charge on any atom is 0.193 e.